The maximum absolute atomic E-state index is 12.6. The first-order chi connectivity index (χ1) is 11.9. The summed E-state index contributed by atoms with van der Waals surface area (Å²) in [7, 11) is 0. The van der Waals surface area contributed by atoms with E-state index in [4.69, 9.17) is 5.10 Å². The maximum Gasteiger partial charge on any atom is 0.342 e. The van der Waals surface area contributed by atoms with E-state index in [2.05, 4.69) is 5.32 Å². The summed E-state index contributed by atoms with van der Waals surface area (Å²) in [6.45, 7) is 5.59. The Morgan fingerprint density at radius 3 is 2.56 bits per heavy atom. The van der Waals surface area contributed by atoms with Crippen LogP contribution in [0.15, 0.2) is 17.2 Å². The third kappa shape index (κ3) is 3.38. The van der Waals surface area contributed by atoms with E-state index < -0.39 is 5.97 Å². The molecule has 6 heteroatoms. The standard InChI is InChI=1S/C19H25N3O3/c1-11(2)22-19(25)20-16-9-12(3)14(18(23)24)10-15(16)17(21-22)13-7-5-4-6-8-13/h9-11,13H,4-8H2,1-3H3,(H,20,25)(H,23,24). The minimum absolute atomic E-state index is 0.0760. The smallest absolute Gasteiger partial charge is 0.342 e. The first-order valence-corrected chi connectivity index (χ1v) is 8.95. The quantitative estimate of drug-likeness (QED) is 0.861. The zero-order valence-electron chi connectivity index (χ0n) is 15.0. The number of hydrazone groups is 1. The Labute approximate surface area is 147 Å². The topological polar surface area (TPSA) is 82.0 Å². The number of nitrogens with one attached hydrogen (secondary N) is 1. The number of benzene rings is 1. The minimum Gasteiger partial charge on any atom is -0.478 e. The highest BCUT2D eigenvalue weighted by Gasteiger charge is 2.30. The van der Waals surface area contributed by atoms with E-state index in [1.165, 1.54) is 11.4 Å². The van der Waals surface area contributed by atoms with Crippen molar-refractivity contribution in [2.24, 2.45) is 11.0 Å². The molecule has 1 aliphatic heterocycles. The van der Waals surface area contributed by atoms with Gasteiger partial charge in [-0.2, -0.15) is 5.10 Å². The van der Waals surface area contributed by atoms with Crippen molar-refractivity contribution in [2.75, 3.05) is 5.32 Å². The predicted molar refractivity (Wildman–Crippen MR) is 97.2 cm³/mol. The molecule has 0 aromatic heterocycles. The van der Waals surface area contributed by atoms with E-state index in [1.54, 1.807) is 19.1 Å². The number of nitrogens with zero attached hydrogens (tertiary/aromatic N) is 2. The molecule has 6 nitrogen and oxygen atoms in total. The van der Waals surface area contributed by atoms with Crippen LogP contribution in [0.2, 0.25) is 0 Å². The number of aromatic carboxylic acids is 1. The first kappa shape index (κ1) is 17.5. The van der Waals surface area contributed by atoms with E-state index in [0.717, 1.165) is 37.0 Å². The van der Waals surface area contributed by atoms with Crippen molar-refractivity contribution in [2.45, 2.75) is 58.9 Å². The van der Waals surface area contributed by atoms with Crippen molar-refractivity contribution in [1.82, 2.24) is 5.01 Å². The van der Waals surface area contributed by atoms with Crippen LogP contribution in [-0.4, -0.2) is 33.9 Å². The molecule has 1 heterocycles. The van der Waals surface area contributed by atoms with E-state index >= 15 is 0 Å². The number of hydrogen-bond donors (Lipinski definition) is 2. The van der Waals surface area contributed by atoms with Crippen LogP contribution < -0.4 is 5.32 Å². The van der Waals surface area contributed by atoms with E-state index in [-0.39, 0.29) is 23.6 Å². The van der Waals surface area contributed by atoms with Crippen molar-refractivity contribution >= 4 is 23.4 Å². The normalized spacial score (nSPS) is 18.5. The summed E-state index contributed by atoms with van der Waals surface area (Å²) < 4.78 is 0. The third-order valence-electron chi connectivity index (χ3n) is 5.02. The number of carboxylic acid groups (broad SMARTS) is 1. The number of carbonyl (C=O) groups excluding carboxylic acids is 1. The van der Waals surface area contributed by atoms with Crippen molar-refractivity contribution in [3.8, 4) is 0 Å². The molecule has 1 saturated carbocycles. The Morgan fingerprint density at radius 1 is 1.28 bits per heavy atom. The molecule has 0 atom stereocenters. The second kappa shape index (κ2) is 6.86. The number of carboxylic acids is 1. The summed E-state index contributed by atoms with van der Waals surface area (Å²) in [5, 5.41) is 18.6. The molecule has 0 unspecified atom stereocenters. The average molecular weight is 343 g/mol. The fourth-order valence-electron chi connectivity index (χ4n) is 3.67. The minimum atomic E-state index is -0.959. The maximum atomic E-state index is 12.6. The van der Waals surface area contributed by atoms with Crippen LogP contribution in [0.5, 0.6) is 0 Å². The monoisotopic (exact) mass is 343 g/mol. The van der Waals surface area contributed by atoms with Gasteiger partial charge in [0.15, 0.2) is 0 Å². The van der Waals surface area contributed by atoms with Crippen LogP contribution in [0.1, 0.15) is 67.4 Å². The van der Waals surface area contributed by atoms with E-state index in [1.807, 2.05) is 13.8 Å². The van der Waals surface area contributed by atoms with Crippen LogP contribution in [0.25, 0.3) is 0 Å². The summed E-state index contributed by atoms with van der Waals surface area (Å²) in [4.78, 5) is 24.1. The number of aryl methyl sites for hydroxylation is 1. The van der Waals surface area contributed by atoms with Crippen molar-refractivity contribution in [3.63, 3.8) is 0 Å². The fraction of sp³-hybridized carbons (Fsp3) is 0.526. The molecule has 1 aliphatic carbocycles. The lowest BCUT2D eigenvalue weighted by Crippen LogP contribution is -2.35. The Bertz CT molecular complexity index is 734. The molecular weight excluding hydrogens is 318 g/mol. The van der Waals surface area contributed by atoms with Gasteiger partial charge < -0.3 is 10.4 Å². The van der Waals surface area contributed by atoms with Gasteiger partial charge in [-0.25, -0.2) is 14.6 Å². The number of hydrogen-bond acceptors (Lipinski definition) is 3. The molecular formula is C19H25N3O3. The molecule has 0 bridgehead atoms. The highest BCUT2D eigenvalue weighted by molar-refractivity contribution is 6.12. The van der Waals surface area contributed by atoms with Gasteiger partial charge in [-0.15, -0.1) is 0 Å². The Hall–Kier alpha value is -2.37. The third-order valence-corrected chi connectivity index (χ3v) is 5.02. The summed E-state index contributed by atoms with van der Waals surface area (Å²) in [6, 6.07) is 3.07. The number of carbonyl (C=O) groups is 2. The molecule has 1 fully saturated rings. The summed E-state index contributed by atoms with van der Waals surface area (Å²) >= 11 is 0. The molecule has 1 aromatic carbocycles. The number of anilines is 1. The van der Waals surface area contributed by atoms with Gasteiger partial charge in [-0.3, -0.25) is 0 Å². The zero-order chi connectivity index (χ0) is 18.1. The molecule has 1 aromatic rings. The highest BCUT2D eigenvalue weighted by atomic mass is 16.4. The summed E-state index contributed by atoms with van der Waals surface area (Å²) in [6.07, 6.45) is 5.54. The van der Waals surface area contributed by atoms with Crippen LogP contribution in [0.3, 0.4) is 0 Å². The fourth-order valence-corrected chi connectivity index (χ4v) is 3.67. The van der Waals surface area contributed by atoms with Gasteiger partial charge in [-0.1, -0.05) is 19.3 Å². The zero-order valence-corrected chi connectivity index (χ0v) is 15.0. The molecule has 2 aliphatic rings. The molecule has 2 amide bonds. The van der Waals surface area contributed by atoms with Gasteiger partial charge in [0.1, 0.15) is 0 Å². The highest BCUT2D eigenvalue weighted by Crippen LogP contribution is 2.33. The molecule has 2 N–H and O–H groups in total. The van der Waals surface area contributed by atoms with Gasteiger partial charge in [0, 0.05) is 11.5 Å². The molecule has 25 heavy (non-hydrogen) atoms. The Kier molecular flexibility index (Phi) is 4.79. The SMILES string of the molecule is Cc1cc2c(cc1C(=O)O)C(C1CCCCC1)=NN(C(C)C)C(=O)N2. The van der Waals surface area contributed by atoms with Crippen molar-refractivity contribution in [1.29, 1.82) is 0 Å². The molecule has 0 saturated heterocycles. The number of rotatable bonds is 3. The van der Waals surface area contributed by atoms with Gasteiger partial charge in [-0.05, 0) is 51.3 Å². The number of urea groups is 1. The van der Waals surface area contributed by atoms with Gasteiger partial charge >= 0.3 is 12.0 Å². The van der Waals surface area contributed by atoms with Gasteiger partial charge in [0.2, 0.25) is 0 Å². The Balaban J connectivity index is 2.17. The largest absolute Gasteiger partial charge is 0.478 e. The van der Waals surface area contributed by atoms with E-state index in [9.17, 15) is 14.7 Å². The summed E-state index contributed by atoms with van der Waals surface area (Å²) in [5.41, 5.74) is 3.12. The van der Waals surface area contributed by atoms with Crippen molar-refractivity contribution < 1.29 is 14.7 Å². The second-order valence-electron chi connectivity index (χ2n) is 7.21. The van der Waals surface area contributed by atoms with Crippen LogP contribution in [-0.2, 0) is 0 Å². The lowest BCUT2D eigenvalue weighted by molar-refractivity contribution is 0.0696. The number of amides is 2. The predicted octanol–water partition coefficient (Wildman–Crippen LogP) is 4.23. The van der Waals surface area contributed by atoms with Gasteiger partial charge in [0.25, 0.3) is 0 Å². The molecule has 3 rings (SSSR count). The molecule has 134 valence electrons. The molecule has 0 radical (unpaired) electrons. The summed E-state index contributed by atoms with van der Waals surface area (Å²) in [5.74, 6) is -0.703. The Morgan fingerprint density at radius 2 is 1.96 bits per heavy atom. The lowest BCUT2D eigenvalue weighted by atomic mass is 9.82. The average Bonchev–Trinajstić information content (AvgIpc) is 2.70. The second-order valence-corrected chi connectivity index (χ2v) is 7.21. The lowest BCUT2D eigenvalue weighted by Gasteiger charge is -2.25. The van der Waals surface area contributed by atoms with Crippen molar-refractivity contribution in [3.05, 3.63) is 28.8 Å². The van der Waals surface area contributed by atoms with Crippen LogP contribution in [0, 0.1) is 12.8 Å². The van der Waals surface area contributed by atoms with Crippen LogP contribution >= 0.6 is 0 Å². The number of fused-ring (bicyclic) bond motifs is 1. The molecule has 0 spiro atoms. The van der Waals surface area contributed by atoms with E-state index in [0.29, 0.717) is 11.3 Å². The first-order valence-electron chi connectivity index (χ1n) is 8.95. The van der Waals surface area contributed by atoms with Gasteiger partial charge in [0.05, 0.1) is 23.0 Å². The van der Waals surface area contributed by atoms with Crippen LogP contribution in [0.4, 0.5) is 10.5 Å².